The molecule has 0 radical (unpaired) electrons. The minimum Gasteiger partial charge on any atom is -0.326 e. The Kier molecular flexibility index (Phi) is 6.23. The number of aliphatic imine (C=N–C) groups is 1. The van der Waals surface area contributed by atoms with Gasteiger partial charge in [0.05, 0.1) is 6.21 Å². The van der Waals surface area contributed by atoms with E-state index in [2.05, 4.69) is 31.3 Å². The average molecular weight is 451 g/mol. The van der Waals surface area contributed by atoms with Crippen LogP contribution in [0.4, 0.5) is 5.69 Å². The summed E-state index contributed by atoms with van der Waals surface area (Å²) >= 11 is 6.13. The van der Waals surface area contributed by atoms with E-state index in [1.54, 1.807) is 25.4 Å². The van der Waals surface area contributed by atoms with Crippen molar-refractivity contribution in [2.24, 2.45) is 10.1 Å². The number of hydrazone groups is 1. The fourth-order valence-corrected chi connectivity index (χ4v) is 4.11. The van der Waals surface area contributed by atoms with Crippen LogP contribution >= 0.6 is 39.0 Å². The number of hydrogen-bond acceptors (Lipinski definition) is 6. The standard InChI is InChI=1S/C17H15BrN4O2S2/c1-19-17-22(20-10-13-3-2-8-25-13)16(24)14(26-17)9-15(23)21-12-6-4-11(18)5-7-12/h2-8,10,14H,9H2,1H3,(H,21,23)/b19-17?,20-10-/t14-/m0/s1. The van der Waals surface area contributed by atoms with Crippen molar-refractivity contribution in [1.29, 1.82) is 0 Å². The minimum absolute atomic E-state index is 0.0591. The van der Waals surface area contributed by atoms with E-state index in [-0.39, 0.29) is 18.2 Å². The first-order chi connectivity index (χ1) is 12.6. The number of anilines is 1. The lowest BCUT2D eigenvalue weighted by Crippen LogP contribution is -2.29. The number of carbonyl (C=O) groups excluding carboxylic acids is 2. The molecule has 134 valence electrons. The predicted molar refractivity (Wildman–Crippen MR) is 111 cm³/mol. The molecule has 3 rings (SSSR count). The Morgan fingerprint density at radius 3 is 2.77 bits per heavy atom. The second-order valence-electron chi connectivity index (χ2n) is 5.28. The maximum Gasteiger partial charge on any atom is 0.263 e. The third kappa shape index (κ3) is 4.60. The highest BCUT2D eigenvalue weighted by Crippen LogP contribution is 2.30. The monoisotopic (exact) mass is 450 g/mol. The molecule has 6 nitrogen and oxygen atoms in total. The number of nitrogens with one attached hydrogen (secondary N) is 1. The molecule has 2 aromatic rings. The highest BCUT2D eigenvalue weighted by molar-refractivity contribution is 9.10. The molecule has 1 fully saturated rings. The third-order valence-electron chi connectivity index (χ3n) is 3.45. The second-order valence-corrected chi connectivity index (χ2v) is 8.35. The molecule has 1 N–H and O–H groups in total. The van der Waals surface area contributed by atoms with Crippen LogP contribution in [0.25, 0.3) is 0 Å². The molecule has 0 aliphatic carbocycles. The molecule has 1 aliphatic heterocycles. The molecular formula is C17H15BrN4O2S2. The largest absolute Gasteiger partial charge is 0.326 e. The van der Waals surface area contributed by atoms with Crippen LogP contribution < -0.4 is 5.32 Å². The molecule has 0 saturated carbocycles. The van der Waals surface area contributed by atoms with E-state index in [9.17, 15) is 9.59 Å². The van der Waals surface area contributed by atoms with Gasteiger partial charge in [-0.2, -0.15) is 10.1 Å². The van der Waals surface area contributed by atoms with Gasteiger partial charge >= 0.3 is 0 Å². The molecule has 1 saturated heterocycles. The highest BCUT2D eigenvalue weighted by Gasteiger charge is 2.39. The first-order valence-electron chi connectivity index (χ1n) is 7.67. The summed E-state index contributed by atoms with van der Waals surface area (Å²) < 4.78 is 0.931. The Labute approximate surface area is 167 Å². The van der Waals surface area contributed by atoms with Crippen LogP contribution in [-0.4, -0.2) is 40.5 Å². The number of halogens is 1. The van der Waals surface area contributed by atoms with E-state index in [4.69, 9.17) is 0 Å². The summed E-state index contributed by atoms with van der Waals surface area (Å²) in [5.74, 6) is -0.466. The molecule has 0 bridgehead atoms. The smallest absolute Gasteiger partial charge is 0.263 e. The summed E-state index contributed by atoms with van der Waals surface area (Å²) in [5.41, 5.74) is 0.686. The van der Waals surface area contributed by atoms with Crippen LogP contribution in [0.5, 0.6) is 0 Å². The van der Waals surface area contributed by atoms with Gasteiger partial charge in [0.1, 0.15) is 5.25 Å². The van der Waals surface area contributed by atoms with Crippen molar-refractivity contribution in [1.82, 2.24) is 5.01 Å². The van der Waals surface area contributed by atoms with Crippen LogP contribution in [0.2, 0.25) is 0 Å². The Morgan fingerprint density at radius 2 is 2.12 bits per heavy atom. The van der Waals surface area contributed by atoms with E-state index in [1.165, 1.54) is 28.1 Å². The fraction of sp³-hybridized carbons (Fsp3) is 0.176. The average Bonchev–Trinajstić information content (AvgIpc) is 3.24. The Bertz CT molecular complexity index is 850. The summed E-state index contributed by atoms with van der Waals surface area (Å²) in [7, 11) is 1.60. The van der Waals surface area contributed by atoms with Gasteiger partial charge in [0, 0.05) is 28.5 Å². The summed E-state index contributed by atoms with van der Waals surface area (Å²) in [6.07, 6.45) is 1.68. The van der Waals surface area contributed by atoms with Crippen LogP contribution in [0.3, 0.4) is 0 Å². The van der Waals surface area contributed by atoms with Gasteiger partial charge in [-0.1, -0.05) is 33.8 Å². The Hall–Kier alpha value is -1.97. The summed E-state index contributed by atoms with van der Waals surface area (Å²) in [6, 6.07) is 11.1. The molecule has 1 aromatic heterocycles. The van der Waals surface area contributed by atoms with E-state index in [0.717, 1.165) is 9.35 Å². The summed E-state index contributed by atoms with van der Waals surface area (Å²) in [6.45, 7) is 0. The number of carbonyl (C=O) groups is 2. The van der Waals surface area contributed by atoms with Gasteiger partial charge in [-0.05, 0) is 35.7 Å². The van der Waals surface area contributed by atoms with Crippen LogP contribution in [0, 0.1) is 0 Å². The molecule has 1 aromatic carbocycles. The molecule has 0 spiro atoms. The van der Waals surface area contributed by atoms with E-state index in [1.807, 2.05) is 29.6 Å². The van der Waals surface area contributed by atoms with Gasteiger partial charge in [-0.25, -0.2) is 0 Å². The maximum absolute atomic E-state index is 12.6. The SMILES string of the molecule is CN=C1S[C@@H](CC(=O)Nc2ccc(Br)cc2)C(=O)N1/N=C\c1cccs1. The normalized spacial score (nSPS) is 18.8. The second kappa shape index (κ2) is 8.61. The van der Waals surface area contributed by atoms with Gasteiger partial charge in [0.2, 0.25) is 5.91 Å². The van der Waals surface area contributed by atoms with Crippen molar-refractivity contribution in [2.45, 2.75) is 11.7 Å². The Morgan fingerprint density at radius 1 is 1.35 bits per heavy atom. The van der Waals surface area contributed by atoms with E-state index in [0.29, 0.717) is 10.9 Å². The summed E-state index contributed by atoms with van der Waals surface area (Å²) in [5, 5.41) is 10.2. The first-order valence-corrected chi connectivity index (χ1v) is 10.2. The molecule has 26 heavy (non-hydrogen) atoms. The minimum atomic E-state index is -0.537. The maximum atomic E-state index is 12.6. The van der Waals surface area contributed by atoms with Crippen molar-refractivity contribution in [3.63, 3.8) is 0 Å². The number of benzene rings is 1. The van der Waals surface area contributed by atoms with Gasteiger partial charge in [0.15, 0.2) is 5.17 Å². The lowest BCUT2D eigenvalue weighted by atomic mass is 10.2. The van der Waals surface area contributed by atoms with Crippen LogP contribution in [0.15, 0.2) is 56.3 Å². The number of amidine groups is 1. The Balaban J connectivity index is 1.64. The quantitative estimate of drug-likeness (QED) is 0.703. The number of hydrogen-bond donors (Lipinski definition) is 1. The summed E-state index contributed by atoms with van der Waals surface area (Å²) in [4.78, 5) is 29.9. The van der Waals surface area contributed by atoms with Gasteiger partial charge < -0.3 is 5.32 Å². The molecule has 1 atom stereocenters. The zero-order chi connectivity index (χ0) is 18.5. The van der Waals surface area contributed by atoms with Crippen molar-refractivity contribution >= 4 is 67.9 Å². The lowest BCUT2D eigenvalue weighted by molar-refractivity contribution is -0.128. The van der Waals surface area contributed by atoms with Gasteiger partial charge in [-0.3, -0.25) is 14.6 Å². The zero-order valence-corrected chi connectivity index (χ0v) is 17.0. The third-order valence-corrected chi connectivity index (χ3v) is 6.00. The van der Waals surface area contributed by atoms with E-state index >= 15 is 0 Å². The molecule has 0 unspecified atom stereocenters. The van der Waals surface area contributed by atoms with Crippen molar-refractivity contribution in [3.8, 4) is 0 Å². The van der Waals surface area contributed by atoms with Crippen LogP contribution in [-0.2, 0) is 9.59 Å². The van der Waals surface area contributed by atoms with Crippen LogP contribution in [0.1, 0.15) is 11.3 Å². The number of thiophene rings is 1. The molecule has 2 amide bonds. The van der Waals surface area contributed by atoms with Gasteiger partial charge in [0.25, 0.3) is 5.91 Å². The topological polar surface area (TPSA) is 74.1 Å². The van der Waals surface area contributed by atoms with Crippen molar-refractivity contribution in [3.05, 3.63) is 51.1 Å². The fourth-order valence-electron chi connectivity index (χ4n) is 2.23. The molecule has 2 heterocycles. The number of thioether (sulfide) groups is 1. The molecule has 9 heteroatoms. The van der Waals surface area contributed by atoms with Crippen molar-refractivity contribution in [2.75, 3.05) is 12.4 Å². The lowest BCUT2D eigenvalue weighted by Gasteiger charge is -2.09. The number of amides is 2. The highest BCUT2D eigenvalue weighted by atomic mass is 79.9. The predicted octanol–water partition coefficient (Wildman–Crippen LogP) is 3.80. The number of rotatable bonds is 5. The molecular weight excluding hydrogens is 436 g/mol. The first kappa shape index (κ1) is 18.8. The number of nitrogens with zero attached hydrogens (tertiary/aromatic N) is 3. The van der Waals surface area contributed by atoms with E-state index < -0.39 is 5.25 Å². The van der Waals surface area contributed by atoms with Gasteiger partial charge in [-0.15, -0.1) is 11.3 Å². The van der Waals surface area contributed by atoms with Crippen molar-refractivity contribution < 1.29 is 9.59 Å². The molecule has 1 aliphatic rings. The zero-order valence-electron chi connectivity index (χ0n) is 13.8.